The highest BCUT2D eigenvalue weighted by Gasteiger charge is 2.12. The molecule has 0 fully saturated rings. The van der Waals surface area contributed by atoms with Crippen molar-refractivity contribution in [3.05, 3.63) is 16.9 Å². The Labute approximate surface area is 99.2 Å². The van der Waals surface area contributed by atoms with Gasteiger partial charge >= 0.3 is 0 Å². The molecule has 0 aliphatic carbocycles. The number of carbonyl (C=O) groups is 1. The first-order chi connectivity index (χ1) is 7.56. The number of carbonyl (C=O) groups excluding carboxylic acids is 1. The average Bonchev–Trinajstić information content (AvgIpc) is 2.57. The fraction of sp³-hybridized carbons (Fsp3) is 0.500. The minimum absolute atomic E-state index is 0.0851. The number of aromatic nitrogens is 2. The maximum Gasteiger partial charge on any atom is 0.244 e. The number of rotatable bonds is 4. The second-order valence-corrected chi connectivity index (χ2v) is 3.87. The Hall–Kier alpha value is -1.54. The molecule has 0 radical (unpaired) electrons. The summed E-state index contributed by atoms with van der Waals surface area (Å²) in [5.74, 6) is -0.0851. The van der Waals surface area contributed by atoms with Gasteiger partial charge in [0.05, 0.1) is 29.4 Å². The molecule has 0 saturated heterocycles. The third-order valence-corrected chi connectivity index (χ3v) is 2.68. The summed E-state index contributed by atoms with van der Waals surface area (Å²) in [6, 6.07) is 2.00. The topological polar surface area (TPSA) is 61.9 Å². The van der Waals surface area contributed by atoms with Gasteiger partial charge in [0.1, 0.15) is 6.54 Å². The minimum Gasteiger partial charge on any atom is -0.343 e. The molecule has 86 valence electrons. The molecule has 1 heterocycles. The largest absolute Gasteiger partial charge is 0.343 e. The van der Waals surface area contributed by atoms with E-state index in [0.717, 1.165) is 5.69 Å². The van der Waals surface area contributed by atoms with Crippen LogP contribution in [0.3, 0.4) is 0 Å². The number of likely N-dealkylation sites (N-methyl/N-ethyl adjacent to an activating group) is 1. The molecule has 0 saturated carbocycles. The molecule has 1 aromatic rings. The standard InChI is InChI=1S/C10H13ClN4O/c1-8-9(11)6-13-15(8)7-10(16)14(2)5-3-4-12/h6H,3,5,7H2,1-2H3. The molecule has 5 nitrogen and oxygen atoms in total. The number of halogens is 1. The van der Waals surface area contributed by atoms with Crippen molar-refractivity contribution in [1.29, 1.82) is 5.26 Å². The molecule has 0 aromatic carbocycles. The first-order valence-corrected chi connectivity index (χ1v) is 5.23. The molecular weight excluding hydrogens is 228 g/mol. The van der Waals surface area contributed by atoms with Crippen LogP contribution in [0.25, 0.3) is 0 Å². The van der Waals surface area contributed by atoms with Gasteiger partial charge < -0.3 is 4.90 Å². The molecule has 0 bridgehead atoms. The fourth-order valence-corrected chi connectivity index (χ4v) is 1.32. The summed E-state index contributed by atoms with van der Waals surface area (Å²) in [7, 11) is 1.67. The maximum absolute atomic E-state index is 11.7. The normalized spacial score (nSPS) is 9.88. The van der Waals surface area contributed by atoms with E-state index in [2.05, 4.69) is 5.10 Å². The lowest BCUT2D eigenvalue weighted by molar-refractivity contribution is -0.130. The van der Waals surface area contributed by atoms with Gasteiger partial charge in [-0.15, -0.1) is 0 Å². The Kier molecular flexibility index (Phi) is 4.32. The third kappa shape index (κ3) is 2.97. The fourth-order valence-electron chi connectivity index (χ4n) is 1.17. The summed E-state index contributed by atoms with van der Waals surface area (Å²) in [5, 5.41) is 12.9. The Balaban J connectivity index is 2.58. The van der Waals surface area contributed by atoms with E-state index in [1.165, 1.54) is 11.1 Å². The van der Waals surface area contributed by atoms with E-state index in [9.17, 15) is 4.79 Å². The lowest BCUT2D eigenvalue weighted by Gasteiger charge is -2.15. The van der Waals surface area contributed by atoms with Crippen LogP contribution in [-0.2, 0) is 11.3 Å². The van der Waals surface area contributed by atoms with E-state index in [-0.39, 0.29) is 12.5 Å². The van der Waals surface area contributed by atoms with Crippen LogP contribution in [0.5, 0.6) is 0 Å². The van der Waals surface area contributed by atoms with E-state index in [1.807, 2.05) is 6.07 Å². The van der Waals surface area contributed by atoms with E-state index in [4.69, 9.17) is 16.9 Å². The number of nitrogens with zero attached hydrogens (tertiary/aromatic N) is 4. The van der Waals surface area contributed by atoms with E-state index in [1.54, 1.807) is 18.7 Å². The van der Waals surface area contributed by atoms with Gasteiger partial charge in [0.15, 0.2) is 0 Å². The van der Waals surface area contributed by atoms with Crippen molar-refractivity contribution in [2.24, 2.45) is 0 Å². The molecular formula is C10H13ClN4O. The highest BCUT2D eigenvalue weighted by atomic mass is 35.5. The highest BCUT2D eigenvalue weighted by molar-refractivity contribution is 6.31. The quantitative estimate of drug-likeness (QED) is 0.795. The van der Waals surface area contributed by atoms with Crippen molar-refractivity contribution < 1.29 is 4.79 Å². The van der Waals surface area contributed by atoms with Gasteiger partial charge in [0.2, 0.25) is 5.91 Å². The van der Waals surface area contributed by atoms with E-state index >= 15 is 0 Å². The third-order valence-electron chi connectivity index (χ3n) is 2.31. The van der Waals surface area contributed by atoms with Gasteiger partial charge in [-0.2, -0.15) is 10.4 Å². The highest BCUT2D eigenvalue weighted by Crippen LogP contribution is 2.13. The van der Waals surface area contributed by atoms with E-state index < -0.39 is 0 Å². The van der Waals surface area contributed by atoms with Crippen LogP contribution in [0.4, 0.5) is 0 Å². The lowest BCUT2D eigenvalue weighted by atomic mass is 10.4. The van der Waals surface area contributed by atoms with Crippen LogP contribution >= 0.6 is 11.6 Å². The molecule has 1 amide bonds. The van der Waals surface area contributed by atoms with Crippen LogP contribution in [0, 0.1) is 18.3 Å². The zero-order valence-corrected chi connectivity index (χ0v) is 10.0. The molecule has 16 heavy (non-hydrogen) atoms. The lowest BCUT2D eigenvalue weighted by Crippen LogP contribution is -2.31. The zero-order valence-electron chi connectivity index (χ0n) is 9.27. The van der Waals surface area contributed by atoms with E-state index in [0.29, 0.717) is 18.0 Å². The molecule has 1 rings (SSSR count). The van der Waals surface area contributed by atoms with Gasteiger partial charge in [-0.05, 0) is 6.92 Å². The predicted molar refractivity (Wildman–Crippen MR) is 59.8 cm³/mol. The van der Waals surface area contributed by atoms with Crippen LogP contribution < -0.4 is 0 Å². The predicted octanol–water partition coefficient (Wildman–Crippen LogP) is 1.22. The molecule has 6 heteroatoms. The Morgan fingerprint density at radius 1 is 1.75 bits per heavy atom. The second kappa shape index (κ2) is 5.52. The van der Waals surface area contributed by atoms with Crippen molar-refractivity contribution in [2.75, 3.05) is 13.6 Å². The zero-order chi connectivity index (χ0) is 12.1. The Bertz CT molecular complexity index is 421. The minimum atomic E-state index is -0.0851. The van der Waals surface area contributed by atoms with Crippen LogP contribution in [-0.4, -0.2) is 34.2 Å². The molecule has 0 spiro atoms. The summed E-state index contributed by atoms with van der Waals surface area (Å²) in [6.45, 7) is 2.39. The molecule has 0 aliphatic rings. The summed E-state index contributed by atoms with van der Waals surface area (Å²) < 4.78 is 1.55. The Morgan fingerprint density at radius 2 is 2.44 bits per heavy atom. The van der Waals surface area contributed by atoms with Crippen molar-refractivity contribution >= 4 is 17.5 Å². The van der Waals surface area contributed by atoms with Crippen molar-refractivity contribution in [3.63, 3.8) is 0 Å². The number of hydrogen-bond donors (Lipinski definition) is 0. The molecule has 0 unspecified atom stereocenters. The first-order valence-electron chi connectivity index (χ1n) is 4.85. The van der Waals surface area contributed by atoms with Crippen LogP contribution in [0.15, 0.2) is 6.20 Å². The smallest absolute Gasteiger partial charge is 0.244 e. The van der Waals surface area contributed by atoms with Gasteiger partial charge in [-0.1, -0.05) is 11.6 Å². The molecule has 0 atom stereocenters. The Morgan fingerprint density at radius 3 is 2.94 bits per heavy atom. The monoisotopic (exact) mass is 240 g/mol. The number of hydrogen-bond acceptors (Lipinski definition) is 3. The summed E-state index contributed by atoms with van der Waals surface area (Å²) >= 11 is 5.82. The van der Waals surface area contributed by atoms with Crippen molar-refractivity contribution in [1.82, 2.24) is 14.7 Å². The molecule has 0 N–H and O–H groups in total. The van der Waals surface area contributed by atoms with Gasteiger partial charge in [-0.25, -0.2) is 0 Å². The molecule has 0 aliphatic heterocycles. The van der Waals surface area contributed by atoms with Gasteiger partial charge in [0, 0.05) is 13.6 Å². The average molecular weight is 241 g/mol. The summed E-state index contributed by atoms with van der Waals surface area (Å²) in [4.78, 5) is 13.2. The molecule has 1 aromatic heterocycles. The maximum atomic E-state index is 11.7. The van der Waals surface area contributed by atoms with Crippen molar-refractivity contribution in [3.8, 4) is 6.07 Å². The van der Waals surface area contributed by atoms with Crippen molar-refractivity contribution in [2.45, 2.75) is 19.9 Å². The van der Waals surface area contributed by atoms with Crippen LogP contribution in [0.1, 0.15) is 12.1 Å². The van der Waals surface area contributed by atoms with Gasteiger partial charge in [-0.3, -0.25) is 9.48 Å². The van der Waals surface area contributed by atoms with Crippen LogP contribution in [0.2, 0.25) is 5.02 Å². The number of nitriles is 1. The number of amides is 1. The second-order valence-electron chi connectivity index (χ2n) is 3.46. The van der Waals surface area contributed by atoms with Gasteiger partial charge in [0.25, 0.3) is 0 Å². The summed E-state index contributed by atoms with van der Waals surface area (Å²) in [6.07, 6.45) is 1.85. The summed E-state index contributed by atoms with van der Waals surface area (Å²) in [5.41, 5.74) is 0.767. The SMILES string of the molecule is Cc1c(Cl)cnn1CC(=O)N(C)CCC#N. The first kappa shape index (κ1) is 12.5.